The molecule has 0 spiro atoms. The molecule has 1 aromatic carbocycles. The number of carboxylic acids is 1. The van der Waals surface area contributed by atoms with Crippen molar-refractivity contribution in [1.29, 1.82) is 0 Å². The summed E-state index contributed by atoms with van der Waals surface area (Å²) in [5.41, 5.74) is -0.150. The van der Waals surface area contributed by atoms with Gasteiger partial charge in [-0.1, -0.05) is 0 Å². The molecular formula is C13H14N2O6. The minimum absolute atomic E-state index is 0.0606. The predicted molar refractivity (Wildman–Crippen MR) is 71.3 cm³/mol. The Balaban J connectivity index is 2.10. The molecule has 0 radical (unpaired) electrons. The maximum atomic E-state index is 12.1. The van der Waals surface area contributed by atoms with E-state index >= 15 is 0 Å². The molecule has 1 saturated carbocycles. The van der Waals surface area contributed by atoms with E-state index in [4.69, 9.17) is 9.84 Å². The molecule has 8 heteroatoms. The third-order valence-electron chi connectivity index (χ3n) is 3.46. The summed E-state index contributed by atoms with van der Waals surface area (Å²) in [7, 11) is 1.36. The molecule has 1 aromatic rings. The standard InChI is InChI=1S/C13H14N2O6/c1-21-11-3-2-9(15(19)20)6-10(11)12(16)14-8-4-7(5-8)13(17)18/h2-3,6-8H,4-5H2,1H3,(H,14,16)(H,17,18). The van der Waals surface area contributed by atoms with E-state index in [9.17, 15) is 19.7 Å². The number of methoxy groups -OCH3 is 1. The van der Waals surface area contributed by atoms with Crippen molar-refractivity contribution in [2.45, 2.75) is 18.9 Å². The van der Waals surface area contributed by atoms with Crippen molar-refractivity contribution < 1.29 is 24.4 Å². The van der Waals surface area contributed by atoms with Crippen LogP contribution in [0.4, 0.5) is 5.69 Å². The smallest absolute Gasteiger partial charge is 0.306 e. The molecule has 2 rings (SSSR count). The number of ether oxygens (including phenoxy) is 1. The Morgan fingerprint density at radius 3 is 2.62 bits per heavy atom. The summed E-state index contributed by atoms with van der Waals surface area (Å²) in [5.74, 6) is -1.60. The number of carboxylic acid groups (broad SMARTS) is 1. The van der Waals surface area contributed by atoms with Crippen LogP contribution in [0.2, 0.25) is 0 Å². The second-order valence-electron chi connectivity index (χ2n) is 4.82. The molecule has 1 amide bonds. The molecule has 1 fully saturated rings. The molecule has 2 N–H and O–H groups in total. The number of nitro benzene ring substituents is 1. The van der Waals surface area contributed by atoms with Gasteiger partial charge >= 0.3 is 5.97 Å². The van der Waals surface area contributed by atoms with E-state index in [1.807, 2.05) is 0 Å². The van der Waals surface area contributed by atoms with Gasteiger partial charge in [0.05, 0.1) is 23.5 Å². The molecule has 0 aliphatic heterocycles. The zero-order valence-electron chi connectivity index (χ0n) is 11.2. The zero-order chi connectivity index (χ0) is 15.6. The van der Waals surface area contributed by atoms with Gasteiger partial charge in [-0.3, -0.25) is 19.7 Å². The first-order valence-corrected chi connectivity index (χ1v) is 6.28. The SMILES string of the molecule is COc1ccc([N+](=O)[O-])cc1C(=O)NC1CC(C(=O)O)C1. The Morgan fingerprint density at radius 1 is 1.43 bits per heavy atom. The summed E-state index contributed by atoms with van der Waals surface area (Å²) in [4.78, 5) is 33.0. The molecule has 8 nitrogen and oxygen atoms in total. The third-order valence-corrected chi connectivity index (χ3v) is 3.46. The molecule has 21 heavy (non-hydrogen) atoms. The highest BCUT2D eigenvalue weighted by atomic mass is 16.6. The topological polar surface area (TPSA) is 119 Å². The second kappa shape index (κ2) is 5.78. The van der Waals surface area contributed by atoms with Crippen molar-refractivity contribution in [2.24, 2.45) is 5.92 Å². The number of nitro groups is 1. The number of amides is 1. The molecule has 0 unspecified atom stereocenters. The largest absolute Gasteiger partial charge is 0.496 e. The number of non-ortho nitro benzene ring substituents is 1. The van der Waals surface area contributed by atoms with Gasteiger partial charge < -0.3 is 15.2 Å². The van der Waals surface area contributed by atoms with E-state index in [2.05, 4.69) is 5.32 Å². The number of hydrogen-bond acceptors (Lipinski definition) is 5. The fourth-order valence-electron chi connectivity index (χ4n) is 2.19. The molecule has 0 atom stereocenters. The monoisotopic (exact) mass is 294 g/mol. The van der Waals surface area contributed by atoms with Crippen molar-refractivity contribution >= 4 is 17.6 Å². The van der Waals surface area contributed by atoms with Gasteiger partial charge in [-0.05, 0) is 18.9 Å². The summed E-state index contributed by atoms with van der Waals surface area (Å²) in [6, 6.07) is 3.51. The van der Waals surface area contributed by atoms with Crippen molar-refractivity contribution in [1.82, 2.24) is 5.32 Å². The third kappa shape index (κ3) is 3.10. The van der Waals surface area contributed by atoms with Gasteiger partial charge in [-0.15, -0.1) is 0 Å². The highest BCUT2D eigenvalue weighted by Crippen LogP contribution is 2.29. The van der Waals surface area contributed by atoms with Crippen LogP contribution in [0.15, 0.2) is 18.2 Å². The van der Waals surface area contributed by atoms with Crippen molar-refractivity contribution in [3.8, 4) is 5.75 Å². The number of nitrogens with zero attached hydrogens (tertiary/aromatic N) is 1. The number of carbonyl (C=O) groups is 2. The Bertz CT molecular complexity index is 594. The molecule has 0 aromatic heterocycles. The van der Waals surface area contributed by atoms with Crippen molar-refractivity contribution in [3.63, 3.8) is 0 Å². The lowest BCUT2D eigenvalue weighted by molar-refractivity contribution is -0.384. The molecule has 1 aliphatic rings. The van der Waals surface area contributed by atoms with Crippen LogP contribution < -0.4 is 10.1 Å². The van der Waals surface area contributed by atoms with Gasteiger partial charge in [-0.2, -0.15) is 0 Å². The number of aliphatic carboxylic acids is 1. The van der Waals surface area contributed by atoms with Gasteiger partial charge in [0.1, 0.15) is 5.75 Å². The average molecular weight is 294 g/mol. The summed E-state index contributed by atoms with van der Waals surface area (Å²) < 4.78 is 5.02. The van der Waals surface area contributed by atoms with Crippen molar-refractivity contribution in [2.75, 3.05) is 7.11 Å². The van der Waals surface area contributed by atoms with Crippen LogP contribution in [0.5, 0.6) is 5.75 Å². The van der Waals surface area contributed by atoms with E-state index < -0.39 is 22.7 Å². The minimum atomic E-state index is -0.881. The Morgan fingerprint density at radius 2 is 2.10 bits per heavy atom. The first kappa shape index (κ1) is 14.8. The Labute approximate surface area is 119 Å². The highest BCUT2D eigenvalue weighted by molar-refractivity contribution is 5.98. The fraction of sp³-hybridized carbons (Fsp3) is 0.385. The minimum Gasteiger partial charge on any atom is -0.496 e. The van der Waals surface area contributed by atoms with Crippen LogP contribution >= 0.6 is 0 Å². The maximum Gasteiger partial charge on any atom is 0.306 e. The van der Waals surface area contributed by atoms with Crippen molar-refractivity contribution in [3.05, 3.63) is 33.9 Å². The highest BCUT2D eigenvalue weighted by Gasteiger charge is 2.35. The lowest BCUT2D eigenvalue weighted by Gasteiger charge is -2.32. The zero-order valence-corrected chi connectivity index (χ0v) is 11.2. The van der Waals surface area contributed by atoms with Crippen LogP contribution in [-0.4, -0.2) is 35.1 Å². The molecule has 0 saturated heterocycles. The van der Waals surface area contributed by atoms with Gasteiger partial charge in [0.15, 0.2) is 0 Å². The van der Waals surface area contributed by atoms with Gasteiger partial charge in [-0.25, -0.2) is 0 Å². The number of rotatable bonds is 5. The predicted octanol–water partition coefficient (Wildman–Crippen LogP) is 1.20. The molecule has 0 bridgehead atoms. The molecule has 112 valence electrons. The van der Waals surface area contributed by atoms with Gasteiger partial charge in [0, 0.05) is 18.2 Å². The quantitative estimate of drug-likeness (QED) is 0.622. The van der Waals surface area contributed by atoms with E-state index in [0.29, 0.717) is 12.8 Å². The summed E-state index contributed by atoms with van der Waals surface area (Å²) in [6.45, 7) is 0. The average Bonchev–Trinajstić information content (AvgIpc) is 2.40. The normalized spacial score (nSPS) is 20.2. The summed E-state index contributed by atoms with van der Waals surface area (Å²) in [6.07, 6.45) is 0.719. The maximum absolute atomic E-state index is 12.1. The number of nitrogens with one attached hydrogen (secondary N) is 1. The van der Waals surface area contributed by atoms with Gasteiger partial charge in [0.2, 0.25) is 0 Å². The first-order valence-electron chi connectivity index (χ1n) is 6.28. The number of hydrogen-bond donors (Lipinski definition) is 2. The Kier molecular flexibility index (Phi) is 4.06. The van der Waals surface area contributed by atoms with E-state index in [1.165, 1.54) is 19.2 Å². The van der Waals surface area contributed by atoms with Crippen LogP contribution in [0.25, 0.3) is 0 Å². The van der Waals surface area contributed by atoms with E-state index in [-0.39, 0.29) is 23.0 Å². The number of benzene rings is 1. The first-order chi connectivity index (χ1) is 9.92. The van der Waals surface area contributed by atoms with Crippen LogP contribution in [0.1, 0.15) is 23.2 Å². The fourth-order valence-corrected chi connectivity index (χ4v) is 2.19. The molecule has 1 aliphatic carbocycles. The number of carbonyl (C=O) groups excluding carboxylic acids is 1. The summed E-state index contributed by atoms with van der Waals surface area (Å²) >= 11 is 0. The molecular weight excluding hydrogens is 280 g/mol. The lowest BCUT2D eigenvalue weighted by atomic mass is 9.80. The van der Waals surface area contributed by atoms with E-state index in [0.717, 1.165) is 6.07 Å². The Hall–Kier alpha value is -2.64. The van der Waals surface area contributed by atoms with E-state index in [1.54, 1.807) is 0 Å². The van der Waals surface area contributed by atoms with Gasteiger partial charge in [0.25, 0.3) is 11.6 Å². The van der Waals surface area contributed by atoms with Crippen LogP contribution in [0.3, 0.4) is 0 Å². The second-order valence-corrected chi connectivity index (χ2v) is 4.82. The lowest BCUT2D eigenvalue weighted by Crippen LogP contribution is -2.46. The molecule has 0 heterocycles. The van der Waals surface area contributed by atoms with Crippen LogP contribution in [-0.2, 0) is 4.79 Å². The summed E-state index contributed by atoms with van der Waals surface area (Å²) in [5, 5.41) is 22.2. The van der Waals surface area contributed by atoms with Crippen LogP contribution in [0, 0.1) is 16.0 Å².